The third-order valence-electron chi connectivity index (χ3n) is 4.54. The van der Waals surface area contributed by atoms with Gasteiger partial charge in [0.15, 0.2) is 6.61 Å². The van der Waals surface area contributed by atoms with Crippen molar-refractivity contribution >= 4 is 21.6 Å². The van der Waals surface area contributed by atoms with Gasteiger partial charge in [-0.2, -0.15) is 13.2 Å². The molecule has 7 nitrogen and oxygen atoms in total. The maximum atomic E-state index is 12.7. The molecule has 0 saturated carbocycles. The van der Waals surface area contributed by atoms with Gasteiger partial charge in [-0.05, 0) is 42.7 Å². The highest BCUT2D eigenvalue weighted by Crippen LogP contribution is 2.29. The minimum absolute atomic E-state index is 0.00769. The lowest BCUT2D eigenvalue weighted by atomic mass is 10.0. The van der Waals surface area contributed by atoms with E-state index in [-0.39, 0.29) is 28.8 Å². The van der Waals surface area contributed by atoms with Crippen molar-refractivity contribution in [1.29, 1.82) is 0 Å². The van der Waals surface area contributed by atoms with E-state index in [1.54, 1.807) is 11.0 Å². The first kappa shape index (κ1) is 22.0. The summed E-state index contributed by atoms with van der Waals surface area (Å²) in [4.78, 5) is 17.1. The Bertz CT molecular complexity index is 1040. The van der Waals surface area contributed by atoms with Crippen LogP contribution in [0.2, 0.25) is 0 Å². The fraction of sp³-hybridized carbons (Fsp3) is 0.368. The zero-order chi connectivity index (χ0) is 21.9. The Labute approximate surface area is 171 Å². The van der Waals surface area contributed by atoms with Crippen LogP contribution < -0.4 is 14.4 Å². The highest BCUT2D eigenvalue weighted by atomic mass is 32.2. The first-order chi connectivity index (χ1) is 14.1. The number of pyridine rings is 1. The zero-order valence-corrected chi connectivity index (χ0v) is 16.9. The summed E-state index contributed by atoms with van der Waals surface area (Å²) in [5.41, 5.74) is 1.60. The molecule has 30 heavy (non-hydrogen) atoms. The van der Waals surface area contributed by atoms with Crippen LogP contribution in [0.3, 0.4) is 0 Å². The van der Waals surface area contributed by atoms with Gasteiger partial charge in [0.2, 0.25) is 21.8 Å². The normalized spacial score (nSPS) is 14.3. The first-order valence-corrected chi connectivity index (χ1v) is 10.6. The predicted molar refractivity (Wildman–Crippen MR) is 103 cm³/mol. The molecule has 1 amide bonds. The van der Waals surface area contributed by atoms with Gasteiger partial charge in [-0.25, -0.2) is 18.1 Å². The van der Waals surface area contributed by atoms with Crippen LogP contribution in [0.25, 0.3) is 0 Å². The second-order valence-corrected chi connectivity index (χ2v) is 8.53. The van der Waals surface area contributed by atoms with E-state index in [0.717, 1.165) is 12.0 Å². The SMILES string of the molecule is CC(=O)N1CCCc2cc(S(=O)(=O)NCc3cccnc3OCC(F)(F)F)ccc21. The molecule has 0 spiro atoms. The molecule has 11 heteroatoms. The van der Waals surface area contributed by atoms with Crippen molar-refractivity contribution in [3.05, 3.63) is 47.7 Å². The Hall–Kier alpha value is -2.66. The number of sulfonamides is 1. The molecule has 0 bridgehead atoms. The van der Waals surface area contributed by atoms with Crippen LogP contribution in [0, 0.1) is 0 Å². The second kappa shape index (κ2) is 8.60. The third kappa shape index (κ3) is 5.28. The molecule has 0 saturated heterocycles. The number of hydrogen-bond acceptors (Lipinski definition) is 5. The maximum absolute atomic E-state index is 12.7. The Balaban J connectivity index is 1.76. The average Bonchev–Trinajstić information content (AvgIpc) is 2.69. The molecule has 3 rings (SSSR count). The summed E-state index contributed by atoms with van der Waals surface area (Å²) < 4.78 is 69.6. The van der Waals surface area contributed by atoms with Gasteiger partial charge in [0.25, 0.3) is 0 Å². The second-order valence-electron chi connectivity index (χ2n) is 6.76. The number of nitrogens with one attached hydrogen (secondary N) is 1. The molecule has 0 radical (unpaired) electrons. The molecular weight excluding hydrogens is 423 g/mol. The van der Waals surface area contributed by atoms with Gasteiger partial charge in [0, 0.05) is 37.5 Å². The van der Waals surface area contributed by atoms with Crippen molar-refractivity contribution in [3.63, 3.8) is 0 Å². The number of hydrogen-bond donors (Lipinski definition) is 1. The van der Waals surface area contributed by atoms with Gasteiger partial charge < -0.3 is 9.64 Å². The Morgan fingerprint density at radius 3 is 2.77 bits per heavy atom. The Morgan fingerprint density at radius 1 is 1.30 bits per heavy atom. The van der Waals surface area contributed by atoms with Gasteiger partial charge >= 0.3 is 6.18 Å². The van der Waals surface area contributed by atoms with Gasteiger partial charge in [-0.15, -0.1) is 0 Å². The topological polar surface area (TPSA) is 88.6 Å². The van der Waals surface area contributed by atoms with Crippen molar-refractivity contribution in [3.8, 4) is 5.88 Å². The van der Waals surface area contributed by atoms with Crippen molar-refractivity contribution in [1.82, 2.24) is 9.71 Å². The van der Waals surface area contributed by atoms with E-state index in [1.165, 1.54) is 37.4 Å². The van der Waals surface area contributed by atoms with Crippen LogP contribution in [-0.2, 0) is 27.8 Å². The van der Waals surface area contributed by atoms with Crippen LogP contribution in [0.1, 0.15) is 24.5 Å². The summed E-state index contributed by atoms with van der Waals surface area (Å²) in [6.45, 7) is 0.212. The molecule has 0 aliphatic carbocycles. The summed E-state index contributed by atoms with van der Waals surface area (Å²) >= 11 is 0. The lowest BCUT2D eigenvalue weighted by Crippen LogP contribution is -2.33. The van der Waals surface area contributed by atoms with Crippen molar-refractivity contribution in [2.24, 2.45) is 0 Å². The van der Waals surface area contributed by atoms with Gasteiger partial charge in [-0.3, -0.25) is 4.79 Å². The molecule has 1 aliphatic heterocycles. The average molecular weight is 443 g/mol. The Kier molecular flexibility index (Phi) is 6.32. The molecule has 0 fully saturated rings. The molecule has 0 atom stereocenters. The molecule has 1 N–H and O–H groups in total. The number of nitrogens with zero attached hydrogens (tertiary/aromatic N) is 2. The molecule has 0 unspecified atom stereocenters. The minimum atomic E-state index is -4.54. The maximum Gasteiger partial charge on any atom is 0.422 e. The van der Waals surface area contributed by atoms with E-state index >= 15 is 0 Å². The Morgan fingerprint density at radius 2 is 2.07 bits per heavy atom. The van der Waals surface area contributed by atoms with Crippen molar-refractivity contribution in [2.45, 2.75) is 37.4 Å². The fourth-order valence-electron chi connectivity index (χ4n) is 3.16. The van der Waals surface area contributed by atoms with Crippen LogP contribution in [-0.4, -0.2) is 38.6 Å². The lowest BCUT2D eigenvalue weighted by Gasteiger charge is -2.28. The first-order valence-electron chi connectivity index (χ1n) is 9.11. The van der Waals surface area contributed by atoms with Crippen LogP contribution in [0.4, 0.5) is 18.9 Å². The standard InChI is InChI=1S/C19H20F3N3O4S/c1-13(26)25-9-3-5-14-10-16(6-7-17(14)25)30(27,28)24-11-15-4-2-8-23-18(15)29-12-19(20,21)22/h2,4,6-8,10,24H,3,5,9,11-12H2,1H3. The van der Waals surface area contributed by atoms with E-state index in [1.807, 2.05) is 0 Å². The summed E-state index contributed by atoms with van der Waals surface area (Å²) in [6.07, 6.45) is -1.92. The van der Waals surface area contributed by atoms with Gasteiger partial charge in [0.05, 0.1) is 4.90 Å². The highest BCUT2D eigenvalue weighted by Gasteiger charge is 2.29. The number of anilines is 1. The number of aromatic nitrogens is 1. The summed E-state index contributed by atoms with van der Waals surface area (Å²) in [5, 5.41) is 0. The summed E-state index contributed by atoms with van der Waals surface area (Å²) in [7, 11) is -3.95. The number of alkyl halides is 3. The number of rotatable bonds is 6. The number of carbonyl (C=O) groups excluding carboxylic acids is 1. The zero-order valence-electron chi connectivity index (χ0n) is 16.1. The smallest absolute Gasteiger partial charge is 0.422 e. The molecule has 2 heterocycles. The van der Waals surface area contributed by atoms with Gasteiger partial charge in [0.1, 0.15) is 0 Å². The van der Waals surface area contributed by atoms with E-state index in [9.17, 15) is 26.4 Å². The van der Waals surface area contributed by atoms with E-state index in [4.69, 9.17) is 0 Å². The number of halogens is 3. The monoisotopic (exact) mass is 443 g/mol. The number of ether oxygens (including phenoxy) is 1. The predicted octanol–water partition coefficient (Wildman–Crippen LogP) is 2.80. The summed E-state index contributed by atoms with van der Waals surface area (Å²) in [6, 6.07) is 7.40. The van der Waals surface area contributed by atoms with Crippen LogP contribution in [0.5, 0.6) is 5.88 Å². The fourth-order valence-corrected chi connectivity index (χ4v) is 4.22. The van der Waals surface area contributed by atoms with Crippen molar-refractivity contribution < 1.29 is 31.1 Å². The molecule has 1 aromatic carbocycles. The van der Waals surface area contributed by atoms with Crippen LogP contribution >= 0.6 is 0 Å². The molecule has 2 aromatic rings. The molecular formula is C19H20F3N3O4S. The number of fused-ring (bicyclic) bond motifs is 1. The molecule has 1 aliphatic rings. The quantitative estimate of drug-likeness (QED) is 0.742. The van der Waals surface area contributed by atoms with Crippen molar-refractivity contribution in [2.75, 3.05) is 18.1 Å². The summed E-state index contributed by atoms with van der Waals surface area (Å²) in [5.74, 6) is -0.410. The number of carbonyl (C=O) groups is 1. The third-order valence-corrected chi connectivity index (χ3v) is 5.93. The van der Waals surface area contributed by atoms with E-state index in [0.29, 0.717) is 18.7 Å². The molecule has 162 valence electrons. The number of benzene rings is 1. The van der Waals surface area contributed by atoms with E-state index in [2.05, 4.69) is 14.4 Å². The largest absolute Gasteiger partial charge is 0.468 e. The highest BCUT2D eigenvalue weighted by molar-refractivity contribution is 7.89. The number of aryl methyl sites for hydroxylation is 1. The molecule has 1 aromatic heterocycles. The van der Waals surface area contributed by atoms with Crippen LogP contribution in [0.15, 0.2) is 41.4 Å². The minimum Gasteiger partial charge on any atom is -0.468 e. The van der Waals surface area contributed by atoms with Gasteiger partial charge in [-0.1, -0.05) is 6.07 Å². The number of amides is 1. The lowest BCUT2D eigenvalue weighted by molar-refractivity contribution is -0.154. The van der Waals surface area contributed by atoms with E-state index < -0.39 is 22.8 Å².